The molecular weight excluding hydrogens is 484 g/mol. The Morgan fingerprint density at radius 3 is 2.57 bits per heavy atom. The number of nitrogens with one attached hydrogen (secondary N) is 1. The van der Waals surface area contributed by atoms with Crippen molar-refractivity contribution in [2.75, 3.05) is 34.2 Å². The molecule has 2 aromatic rings. The summed E-state index contributed by atoms with van der Waals surface area (Å²) in [5.41, 5.74) is 0.940. The Balaban J connectivity index is 1.75. The van der Waals surface area contributed by atoms with E-state index in [9.17, 15) is 14.4 Å². The first-order valence-corrected chi connectivity index (χ1v) is 11.8. The number of aromatic nitrogens is 1. The molecule has 1 aliphatic heterocycles. The summed E-state index contributed by atoms with van der Waals surface area (Å²) in [6.45, 7) is 2.69. The normalized spacial score (nSPS) is 22.0. The number of nitrogens with zero attached hydrogens (tertiary/aromatic N) is 1. The SMILES string of the molecule is COc1ccnc(C(=O)N[C@H]2COC[C@H](Cc3ccccc3)[C@@H](OC)[C@H](C)OC2=O)c1OCOC(C)=O. The van der Waals surface area contributed by atoms with Gasteiger partial charge in [-0.05, 0) is 18.9 Å². The third kappa shape index (κ3) is 7.64. The van der Waals surface area contributed by atoms with E-state index in [0.29, 0.717) is 6.42 Å². The van der Waals surface area contributed by atoms with Gasteiger partial charge in [0.1, 0.15) is 6.10 Å². The molecule has 1 aliphatic rings. The number of hydrogen-bond acceptors (Lipinski definition) is 10. The Labute approximate surface area is 215 Å². The van der Waals surface area contributed by atoms with Gasteiger partial charge in [-0.2, -0.15) is 0 Å². The largest absolute Gasteiger partial charge is 0.493 e. The van der Waals surface area contributed by atoms with Gasteiger partial charge in [0.2, 0.25) is 6.79 Å². The Morgan fingerprint density at radius 1 is 1.14 bits per heavy atom. The van der Waals surface area contributed by atoms with E-state index in [2.05, 4.69) is 10.3 Å². The minimum absolute atomic E-state index is 0.0446. The highest BCUT2D eigenvalue weighted by Gasteiger charge is 2.35. The van der Waals surface area contributed by atoms with Crippen molar-refractivity contribution in [1.29, 1.82) is 0 Å². The van der Waals surface area contributed by atoms with Crippen molar-refractivity contribution in [3.63, 3.8) is 0 Å². The molecule has 1 amide bonds. The fraction of sp³-hybridized carbons (Fsp3) is 0.462. The molecule has 3 rings (SSSR count). The van der Waals surface area contributed by atoms with E-state index in [1.165, 1.54) is 26.3 Å². The molecule has 11 nitrogen and oxygen atoms in total. The molecule has 0 unspecified atom stereocenters. The molecule has 1 aromatic carbocycles. The van der Waals surface area contributed by atoms with Gasteiger partial charge in [0, 0.05) is 32.2 Å². The lowest BCUT2D eigenvalue weighted by Gasteiger charge is -2.29. The number of hydrogen-bond donors (Lipinski definition) is 1. The van der Waals surface area contributed by atoms with Crippen molar-refractivity contribution in [3.05, 3.63) is 53.9 Å². The number of carbonyl (C=O) groups is 3. The van der Waals surface area contributed by atoms with Crippen LogP contribution in [0.4, 0.5) is 0 Å². The van der Waals surface area contributed by atoms with Crippen molar-refractivity contribution in [2.24, 2.45) is 5.92 Å². The van der Waals surface area contributed by atoms with Crippen molar-refractivity contribution in [3.8, 4) is 11.5 Å². The van der Waals surface area contributed by atoms with Crippen LogP contribution in [-0.2, 0) is 35.0 Å². The average molecular weight is 517 g/mol. The minimum Gasteiger partial charge on any atom is -0.493 e. The number of ether oxygens (including phenoxy) is 6. The van der Waals surface area contributed by atoms with Crippen LogP contribution in [0.3, 0.4) is 0 Å². The molecule has 1 fully saturated rings. The van der Waals surface area contributed by atoms with Crippen molar-refractivity contribution < 1.29 is 42.8 Å². The van der Waals surface area contributed by atoms with Crippen LogP contribution in [-0.4, -0.2) is 75.3 Å². The van der Waals surface area contributed by atoms with Crippen molar-refractivity contribution >= 4 is 17.8 Å². The lowest BCUT2D eigenvalue weighted by molar-refractivity contribution is -0.158. The molecule has 1 N–H and O–H groups in total. The highest BCUT2D eigenvalue weighted by molar-refractivity contribution is 5.98. The quantitative estimate of drug-likeness (QED) is 0.389. The van der Waals surface area contributed by atoms with Crippen LogP contribution in [0.5, 0.6) is 11.5 Å². The number of cyclic esters (lactones) is 1. The van der Waals surface area contributed by atoms with Crippen LogP contribution >= 0.6 is 0 Å². The zero-order chi connectivity index (χ0) is 26.8. The maximum atomic E-state index is 13.1. The lowest BCUT2D eigenvalue weighted by atomic mass is 9.92. The highest BCUT2D eigenvalue weighted by Crippen LogP contribution is 2.30. The molecule has 200 valence electrons. The third-order valence-electron chi connectivity index (χ3n) is 5.82. The highest BCUT2D eigenvalue weighted by atomic mass is 16.7. The van der Waals surface area contributed by atoms with E-state index in [0.717, 1.165) is 5.56 Å². The summed E-state index contributed by atoms with van der Waals surface area (Å²) >= 11 is 0. The summed E-state index contributed by atoms with van der Waals surface area (Å²) < 4.78 is 32.7. The van der Waals surface area contributed by atoms with E-state index in [1.54, 1.807) is 14.0 Å². The van der Waals surface area contributed by atoms with E-state index >= 15 is 0 Å². The van der Waals surface area contributed by atoms with E-state index < -0.39 is 42.9 Å². The summed E-state index contributed by atoms with van der Waals surface area (Å²) in [5.74, 6) is -1.90. The fourth-order valence-electron chi connectivity index (χ4n) is 4.08. The second-order valence-corrected chi connectivity index (χ2v) is 8.44. The number of pyridine rings is 1. The van der Waals surface area contributed by atoms with Crippen LogP contribution in [0, 0.1) is 5.92 Å². The van der Waals surface area contributed by atoms with Crippen molar-refractivity contribution in [2.45, 2.75) is 38.5 Å². The smallest absolute Gasteiger partial charge is 0.331 e. The molecule has 4 atom stereocenters. The number of esters is 2. The zero-order valence-electron chi connectivity index (χ0n) is 21.3. The van der Waals surface area contributed by atoms with Gasteiger partial charge in [0.15, 0.2) is 23.2 Å². The van der Waals surface area contributed by atoms with Crippen LogP contribution in [0.15, 0.2) is 42.6 Å². The molecule has 0 saturated carbocycles. The molecule has 11 heteroatoms. The van der Waals surface area contributed by atoms with Gasteiger partial charge in [0.05, 0.1) is 26.4 Å². The zero-order valence-corrected chi connectivity index (χ0v) is 21.3. The Morgan fingerprint density at radius 2 is 1.89 bits per heavy atom. The van der Waals surface area contributed by atoms with E-state index in [-0.39, 0.29) is 36.3 Å². The molecule has 0 bridgehead atoms. The first kappa shape index (κ1) is 27.9. The lowest BCUT2D eigenvalue weighted by Crippen LogP contribution is -2.46. The Hall–Kier alpha value is -3.70. The van der Waals surface area contributed by atoms with Gasteiger partial charge in [-0.3, -0.25) is 9.59 Å². The number of carbonyl (C=O) groups excluding carboxylic acids is 3. The van der Waals surface area contributed by atoms with Gasteiger partial charge in [-0.25, -0.2) is 9.78 Å². The Bertz CT molecular complexity index is 1060. The molecule has 37 heavy (non-hydrogen) atoms. The van der Waals surface area contributed by atoms with E-state index in [4.69, 9.17) is 28.4 Å². The van der Waals surface area contributed by atoms with Gasteiger partial charge < -0.3 is 33.7 Å². The summed E-state index contributed by atoms with van der Waals surface area (Å²) in [5, 5.41) is 2.60. The van der Waals surface area contributed by atoms with Gasteiger partial charge in [-0.1, -0.05) is 30.3 Å². The summed E-state index contributed by atoms with van der Waals surface area (Å²) in [7, 11) is 2.95. The van der Waals surface area contributed by atoms with Crippen LogP contribution < -0.4 is 14.8 Å². The maximum Gasteiger partial charge on any atom is 0.331 e. The topological polar surface area (TPSA) is 132 Å². The van der Waals surface area contributed by atoms with Gasteiger partial charge in [0.25, 0.3) is 5.91 Å². The van der Waals surface area contributed by atoms with Gasteiger partial charge in [-0.15, -0.1) is 0 Å². The summed E-state index contributed by atoms with van der Waals surface area (Å²) in [6, 6.07) is 10.3. The predicted molar refractivity (Wildman–Crippen MR) is 130 cm³/mol. The summed E-state index contributed by atoms with van der Waals surface area (Å²) in [4.78, 5) is 41.3. The van der Waals surface area contributed by atoms with Crippen molar-refractivity contribution in [1.82, 2.24) is 10.3 Å². The third-order valence-corrected chi connectivity index (χ3v) is 5.82. The molecule has 1 aromatic heterocycles. The van der Waals surface area contributed by atoms with E-state index in [1.807, 2.05) is 30.3 Å². The van der Waals surface area contributed by atoms with Crippen LogP contribution in [0.25, 0.3) is 0 Å². The molecule has 0 aliphatic carbocycles. The number of benzene rings is 1. The molecular formula is C26H32N2O9. The fourth-order valence-corrected chi connectivity index (χ4v) is 4.08. The number of rotatable bonds is 9. The number of methoxy groups -OCH3 is 2. The monoisotopic (exact) mass is 516 g/mol. The maximum absolute atomic E-state index is 13.1. The van der Waals surface area contributed by atoms with Crippen LogP contribution in [0.1, 0.15) is 29.9 Å². The second-order valence-electron chi connectivity index (χ2n) is 8.44. The Kier molecular flexibility index (Phi) is 10.2. The molecule has 0 spiro atoms. The molecule has 2 heterocycles. The number of amides is 1. The molecule has 1 saturated heterocycles. The first-order valence-electron chi connectivity index (χ1n) is 11.8. The first-order chi connectivity index (χ1) is 17.8. The molecule has 0 radical (unpaired) electrons. The van der Waals surface area contributed by atoms with Crippen LogP contribution in [0.2, 0.25) is 0 Å². The minimum atomic E-state index is -1.11. The average Bonchev–Trinajstić information content (AvgIpc) is 2.93. The summed E-state index contributed by atoms with van der Waals surface area (Å²) in [6.07, 6.45) is 1.00. The standard InChI is InChI=1S/C26H32N2O9/c1-16-23(33-4)19(12-18-8-6-5-7-9-18)13-34-14-20(26(31)37-16)28-25(30)22-24(36-15-35-17(2)29)21(32-3)10-11-27-22/h5-11,16,19-20,23H,12-15H2,1-4H3,(H,28,30)/t16-,19-,20-,23-/m0/s1. The van der Waals surface area contributed by atoms with Gasteiger partial charge >= 0.3 is 11.9 Å². The predicted octanol–water partition coefficient (Wildman–Crippen LogP) is 1.92. The second kappa shape index (κ2) is 13.6.